The van der Waals surface area contributed by atoms with E-state index in [0.717, 1.165) is 16.9 Å². The molecule has 0 bridgehead atoms. The minimum atomic E-state index is -3.59. The lowest BCUT2D eigenvalue weighted by Crippen LogP contribution is -2.50. The Labute approximate surface area is 177 Å². The Kier molecular flexibility index (Phi) is 5.64. The summed E-state index contributed by atoms with van der Waals surface area (Å²) in [7, 11) is -3.59. The van der Waals surface area contributed by atoms with Crippen LogP contribution in [0.1, 0.15) is 10.4 Å². The molecular weight excluding hydrogens is 432 g/mol. The highest BCUT2D eigenvalue weighted by atomic mass is 35.5. The molecule has 3 heterocycles. The van der Waals surface area contributed by atoms with Crippen LogP contribution in [0, 0.1) is 0 Å². The number of carbonyl (C=O) groups is 1. The van der Waals surface area contributed by atoms with E-state index in [2.05, 4.69) is 9.97 Å². The summed E-state index contributed by atoms with van der Waals surface area (Å²) in [6, 6.07) is 12.6. The van der Waals surface area contributed by atoms with Crippen LogP contribution in [-0.4, -0.2) is 59.7 Å². The second-order valence-electron chi connectivity index (χ2n) is 6.42. The first kappa shape index (κ1) is 20.0. The van der Waals surface area contributed by atoms with Crippen molar-refractivity contribution in [3.05, 3.63) is 64.8 Å². The Morgan fingerprint density at radius 3 is 2.21 bits per heavy atom. The smallest absolute Gasteiger partial charge is 0.257 e. The van der Waals surface area contributed by atoms with Gasteiger partial charge in [-0.3, -0.25) is 4.79 Å². The number of aromatic nitrogens is 2. The molecule has 0 atom stereocenters. The van der Waals surface area contributed by atoms with E-state index in [9.17, 15) is 13.2 Å². The number of hydrogen-bond donors (Lipinski definition) is 0. The molecule has 1 amide bonds. The second-order valence-corrected chi connectivity index (χ2v) is 10.3. The van der Waals surface area contributed by atoms with E-state index >= 15 is 0 Å². The van der Waals surface area contributed by atoms with Gasteiger partial charge in [0.25, 0.3) is 15.9 Å². The zero-order valence-electron chi connectivity index (χ0n) is 15.2. The van der Waals surface area contributed by atoms with Gasteiger partial charge < -0.3 is 4.90 Å². The molecule has 0 spiro atoms. The molecule has 1 aliphatic rings. The lowest BCUT2D eigenvalue weighted by molar-refractivity contribution is 0.0697. The normalized spacial score (nSPS) is 15.4. The Morgan fingerprint density at radius 1 is 0.966 bits per heavy atom. The number of benzene rings is 1. The van der Waals surface area contributed by atoms with Gasteiger partial charge in [-0.15, -0.1) is 11.3 Å². The predicted octanol–water partition coefficient (Wildman–Crippen LogP) is 3.01. The summed E-state index contributed by atoms with van der Waals surface area (Å²) in [5.74, 6) is 0.341. The number of amides is 1. The summed E-state index contributed by atoms with van der Waals surface area (Å²) in [6.07, 6.45) is 3.02. The number of carbonyl (C=O) groups excluding carboxylic acids is 1. The third-order valence-electron chi connectivity index (χ3n) is 4.60. The Hall–Kier alpha value is -2.33. The van der Waals surface area contributed by atoms with Gasteiger partial charge in [-0.2, -0.15) is 4.31 Å². The van der Waals surface area contributed by atoms with E-state index < -0.39 is 10.0 Å². The molecule has 1 aromatic carbocycles. The maximum atomic E-state index is 12.7. The van der Waals surface area contributed by atoms with Crippen LogP contribution in [0.3, 0.4) is 0 Å². The summed E-state index contributed by atoms with van der Waals surface area (Å²) < 4.78 is 27.4. The summed E-state index contributed by atoms with van der Waals surface area (Å²) in [5.41, 5.74) is 1.25. The van der Waals surface area contributed by atoms with E-state index in [0.29, 0.717) is 28.8 Å². The first-order valence-electron chi connectivity index (χ1n) is 8.87. The minimum absolute atomic E-state index is 0.208. The lowest BCUT2D eigenvalue weighted by atomic mass is 10.2. The van der Waals surface area contributed by atoms with Crippen molar-refractivity contribution >= 4 is 38.9 Å². The van der Waals surface area contributed by atoms with Crippen LogP contribution in [-0.2, 0) is 10.0 Å². The molecule has 10 heteroatoms. The summed E-state index contributed by atoms with van der Waals surface area (Å²) in [6.45, 7) is 1.06. The van der Waals surface area contributed by atoms with Crippen LogP contribution in [0.5, 0.6) is 0 Å². The fourth-order valence-electron chi connectivity index (χ4n) is 3.05. The average molecular weight is 449 g/mol. The van der Waals surface area contributed by atoms with Gasteiger partial charge in [-0.25, -0.2) is 18.4 Å². The van der Waals surface area contributed by atoms with Gasteiger partial charge >= 0.3 is 0 Å². The molecule has 0 unspecified atom stereocenters. The van der Waals surface area contributed by atoms with Crippen LogP contribution in [0.2, 0.25) is 4.34 Å². The molecule has 4 rings (SSSR count). The third kappa shape index (κ3) is 4.18. The topological polar surface area (TPSA) is 83.5 Å². The van der Waals surface area contributed by atoms with E-state index in [1.165, 1.54) is 22.8 Å². The Bertz CT molecular complexity index is 1110. The number of halogens is 1. The predicted molar refractivity (Wildman–Crippen MR) is 111 cm³/mol. The quantitative estimate of drug-likeness (QED) is 0.612. The maximum Gasteiger partial charge on any atom is 0.257 e. The zero-order valence-corrected chi connectivity index (χ0v) is 17.6. The fourth-order valence-corrected chi connectivity index (χ4v) is 6.11. The van der Waals surface area contributed by atoms with Crippen molar-refractivity contribution in [3.8, 4) is 11.4 Å². The zero-order chi connectivity index (χ0) is 20.4. The molecular formula is C19H17ClN4O3S2. The Morgan fingerprint density at radius 2 is 1.62 bits per heavy atom. The highest BCUT2D eigenvalue weighted by molar-refractivity contribution is 7.91. The minimum Gasteiger partial charge on any atom is -0.336 e. The van der Waals surface area contributed by atoms with Crippen molar-refractivity contribution in [1.29, 1.82) is 0 Å². The summed E-state index contributed by atoms with van der Waals surface area (Å²) in [4.78, 5) is 22.9. The largest absolute Gasteiger partial charge is 0.336 e. The van der Waals surface area contributed by atoms with Crippen LogP contribution >= 0.6 is 22.9 Å². The standard InChI is InChI=1S/C19H17ClN4O3S2/c20-16-6-7-17(28-16)29(26,27)24-10-8-23(9-11-24)19(25)15-12-21-18(22-13-15)14-4-2-1-3-5-14/h1-7,12-13H,8-11H2. The molecule has 29 heavy (non-hydrogen) atoms. The third-order valence-corrected chi connectivity index (χ3v) is 8.20. The van der Waals surface area contributed by atoms with Crippen molar-refractivity contribution in [1.82, 2.24) is 19.2 Å². The highest BCUT2D eigenvalue weighted by Gasteiger charge is 2.31. The van der Waals surface area contributed by atoms with Gasteiger partial charge in [0.2, 0.25) is 0 Å². The van der Waals surface area contributed by atoms with Crippen LogP contribution in [0.25, 0.3) is 11.4 Å². The average Bonchev–Trinajstić information content (AvgIpc) is 3.21. The van der Waals surface area contributed by atoms with Gasteiger partial charge in [-0.05, 0) is 12.1 Å². The molecule has 1 fully saturated rings. The number of rotatable bonds is 4. The van der Waals surface area contributed by atoms with Crippen molar-refractivity contribution in [2.24, 2.45) is 0 Å². The molecule has 150 valence electrons. The number of sulfonamides is 1. The summed E-state index contributed by atoms with van der Waals surface area (Å²) in [5, 5.41) is 0. The Balaban J connectivity index is 1.41. The van der Waals surface area contributed by atoms with Crippen LogP contribution in [0.15, 0.2) is 59.1 Å². The van der Waals surface area contributed by atoms with Gasteiger partial charge in [0.15, 0.2) is 5.82 Å². The number of thiophene rings is 1. The van der Waals surface area contributed by atoms with Gasteiger partial charge in [-0.1, -0.05) is 41.9 Å². The molecule has 3 aromatic rings. The van der Waals surface area contributed by atoms with E-state index in [4.69, 9.17) is 11.6 Å². The summed E-state index contributed by atoms with van der Waals surface area (Å²) >= 11 is 6.89. The number of hydrogen-bond acceptors (Lipinski definition) is 6. The van der Waals surface area contributed by atoms with Crippen molar-refractivity contribution in [2.75, 3.05) is 26.2 Å². The highest BCUT2D eigenvalue weighted by Crippen LogP contribution is 2.28. The second kappa shape index (κ2) is 8.19. The monoisotopic (exact) mass is 448 g/mol. The molecule has 0 N–H and O–H groups in total. The molecule has 0 saturated carbocycles. The molecule has 7 nitrogen and oxygen atoms in total. The van der Waals surface area contributed by atoms with E-state index in [1.807, 2.05) is 30.3 Å². The van der Waals surface area contributed by atoms with Gasteiger partial charge in [0.05, 0.1) is 9.90 Å². The van der Waals surface area contributed by atoms with Gasteiger partial charge in [0, 0.05) is 44.1 Å². The molecule has 0 radical (unpaired) electrons. The SMILES string of the molecule is O=C(c1cnc(-c2ccccc2)nc1)N1CCN(S(=O)(=O)c2ccc(Cl)s2)CC1. The molecule has 2 aromatic heterocycles. The van der Waals surface area contributed by atoms with Crippen LogP contribution in [0.4, 0.5) is 0 Å². The first-order chi connectivity index (χ1) is 13.9. The fraction of sp³-hybridized carbons (Fsp3) is 0.211. The van der Waals surface area contributed by atoms with Crippen molar-refractivity contribution in [3.63, 3.8) is 0 Å². The molecule has 1 aliphatic heterocycles. The van der Waals surface area contributed by atoms with E-state index in [1.54, 1.807) is 11.0 Å². The first-order valence-corrected chi connectivity index (χ1v) is 11.5. The number of piperazine rings is 1. The molecule has 0 aliphatic carbocycles. The van der Waals surface area contributed by atoms with E-state index in [-0.39, 0.29) is 23.2 Å². The van der Waals surface area contributed by atoms with Crippen molar-refractivity contribution in [2.45, 2.75) is 4.21 Å². The number of nitrogens with zero attached hydrogens (tertiary/aromatic N) is 4. The maximum absolute atomic E-state index is 12.7. The molecule has 1 saturated heterocycles. The lowest BCUT2D eigenvalue weighted by Gasteiger charge is -2.33. The van der Waals surface area contributed by atoms with Crippen molar-refractivity contribution < 1.29 is 13.2 Å². The van der Waals surface area contributed by atoms with Gasteiger partial charge in [0.1, 0.15) is 4.21 Å². The van der Waals surface area contributed by atoms with Crippen LogP contribution < -0.4 is 0 Å².